The Morgan fingerprint density at radius 1 is 1.07 bits per heavy atom. The molecule has 0 aliphatic rings. The first kappa shape index (κ1) is 20.8. The van der Waals surface area contributed by atoms with Crippen LogP contribution in [-0.4, -0.2) is 47.6 Å². The van der Waals surface area contributed by atoms with Crippen LogP contribution in [0, 0.1) is 27.7 Å². The van der Waals surface area contributed by atoms with E-state index in [9.17, 15) is 15.0 Å². The Kier molecular flexibility index (Phi) is 7.27. The van der Waals surface area contributed by atoms with Crippen LogP contribution < -0.4 is 20.2 Å². The number of aryl methyl sites for hydroxylation is 4. The van der Waals surface area contributed by atoms with Gasteiger partial charge in [-0.2, -0.15) is 0 Å². The summed E-state index contributed by atoms with van der Waals surface area (Å²) in [7, 11) is 0. The van der Waals surface area contributed by atoms with Gasteiger partial charge in [-0.25, -0.2) is 0 Å². The Bertz CT molecular complexity index is 812. The van der Waals surface area contributed by atoms with E-state index in [1.165, 1.54) is 0 Å². The molecule has 2 rings (SSSR count). The molecule has 1 atom stereocenters. The van der Waals surface area contributed by atoms with Crippen LogP contribution in [0.5, 0.6) is 17.2 Å². The number of benzene rings is 1. The molecule has 0 saturated heterocycles. The third-order valence-corrected chi connectivity index (χ3v) is 4.03. The number of pyridine rings is 1. The maximum Gasteiger partial charge on any atom is 0.265 e. The van der Waals surface area contributed by atoms with Crippen molar-refractivity contribution in [2.75, 3.05) is 26.3 Å². The van der Waals surface area contributed by atoms with Gasteiger partial charge in [0.05, 0.1) is 11.4 Å². The number of aromatic hydroxyl groups is 1. The van der Waals surface area contributed by atoms with Gasteiger partial charge in [0, 0.05) is 13.1 Å². The fraction of sp³-hybridized carbons (Fsp3) is 0.450. The second-order valence-corrected chi connectivity index (χ2v) is 6.72. The third-order valence-electron chi connectivity index (χ3n) is 4.03. The van der Waals surface area contributed by atoms with E-state index in [1.807, 2.05) is 26.0 Å². The first-order valence-corrected chi connectivity index (χ1v) is 8.93. The average Bonchev–Trinajstić information content (AvgIpc) is 2.58. The minimum atomic E-state index is -0.798. The third kappa shape index (κ3) is 6.01. The maximum absolute atomic E-state index is 12.0. The lowest BCUT2D eigenvalue weighted by molar-refractivity contribution is 0.104. The van der Waals surface area contributed by atoms with Gasteiger partial charge in [-0.05, 0) is 51.0 Å². The van der Waals surface area contributed by atoms with Crippen molar-refractivity contribution in [3.63, 3.8) is 0 Å². The van der Waals surface area contributed by atoms with Crippen molar-refractivity contribution in [3.8, 4) is 17.2 Å². The number of aromatic amines is 1. The van der Waals surface area contributed by atoms with E-state index < -0.39 is 11.5 Å². The van der Waals surface area contributed by atoms with Crippen LogP contribution in [0.1, 0.15) is 22.5 Å². The number of H-pyrrole nitrogens is 1. The summed E-state index contributed by atoms with van der Waals surface area (Å²) in [5, 5.41) is 22.8. The molecule has 0 fully saturated rings. The Morgan fingerprint density at radius 3 is 2.41 bits per heavy atom. The zero-order valence-electron chi connectivity index (χ0n) is 16.3. The second kappa shape index (κ2) is 9.43. The molecule has 0 saturated carbocycles. The average molecular weight is 376 g/mol. The van der Waals surface area contributed by atoms with Crippen molar-refractivity contribution in [1.82, 2.24) is 10.3 Å². The summed E-state index contributed by atoms with van der Waals surface area (Å²) >= 11 is 0. The molecule has 0 bridgehead atoms. The van der Waals surface area contributed by atoms with Crippen LogP contribution in [0.25, 0.3) is 0 Å². The molecule has 7 heteroatoms. The zero-order valence-corrected chi connectivity index (χ0v) is 16.3. The molecule has 7 nitrogen and oxygen atoms in total. The highest BCUT2D eigenvalue weighted by Gasteiger charge is 2.14. The predicted octanol–water partition coefficient (Wildman–Crippen LogP) is 1.72. The van der Waals surface area contributed by atoms with Crippen molar-refractivity contribution in [2.45, 2.75) is 33.8 Å². The Labute approximate surface area is 159 Å². The molecule has 1 heterocycles. The fourth-order valence-corrected chi connectivity index (χ4v) is 2.78. The van der Waals surface area contributed by atoms with Gasteiger partial charge in [-0.1, -0.05) is 6.07 Å². The number of hydrogen-bond donors (Lipinski definition) is 4. The van der Waals surface area contributed by atoms with Crippen molar-refractivity contribution < 1.29 is 19.7 Å². The maximum atomic E-state index is 12.0. The fourth-order valence-electron chi connectivity index (χ4n) is 2.78. The smallest absolute Gasteiger partial charge is 0.265 e. The summed E-state index contributed by atoms with van der Waals surface area (Å²) in [5.41, 5.74) is 2.62. The number of aliphatic hydroxyl groups is 1. The van der Waals surface area contributed by atoms with Crippen LogP contribution in [0.4, 0.5) is 0 Å². The van der Waals surface area contributed by atoms with Crippen molar-refractivity contribution in [3.05, 3.63) is 50.9 Å². The summed E-state index contributed by atoms with van der Waals surface area (Å²) in [6.07, 6.45) is -0.798. The number of ether oxygens (including phenoxy) is 2. The monoisotopic (exact) mass is 376 g/mol. The van der Waals surface area contributed by atoms with E-state index in [-0.39, 0.29) is 18.1 Å². The van der Waals surface area contributed by atoms with Crippen molar-refractivity contribution >= 4 is 0 Å². The van der Waals surface area contributed by atoms with E-state index in [4.69, 9.17) is 9.47 Å². The number of aromatic nitrogens is 1. The lowest BCUT2D eigenvalue weighted by Crippen LogP contribution is -2.34. The summed E-state index contributed by atoms with van der Waals surface area (Å²) < 4.78 is 11.1. The molecule has 1 unspecified atom stereocenters. The lowest BCUT2D eigenvalue weighted by atomic mass is 10.1. The molecule has 2 aromatic rings. The molecule has 1 aromatic heterocycles. The van der Waals surface area contributed by atoms with E-state index in [1.54, 1.807) is 13.8 Å². The van der Waals surface area contributed by atoms with Gasteiger partial charge in [0.25, 0.3) is 5.43 Å². The largest absolute Gasteiger partial charge is 0.503 e. The van der Waals surface area contributed by atoms with Crippen LogP contribution in [0.3, 0.4) is 0 Å². The highest BCUT2D eigenvalue weighted by atomic mass is 16.5. The van der Waals surface area contributed by atoms with E-state index in [0.29, 0.717) is 31.1 Å². The summed E-state index contributed by atoms with van der Waals surface area (Å²) in [4.78, 5) is 14.9. The number of aliphatic hydroxyl groups excluding tert-OH is 1. The van der Waals surface area contributed by atoms with E-state index in [0.717, 1.165) is 16.9 Å². The SMILES string of the molecule is Cc1cc(C)cc(OCCNCC(O)COc2c(C)[nH]c(C)c(O)c2=O)c1. The van der Waals surface area contributed by atoms with Gasteiger partial charge in [0.2, 0.25) is 0 Å². The van der Waals surface area contributed by atoms with Crippen LogP contribution >= 0.6 is 0 Å². The molecular formula is C20H28N2O5. The molecule has 0 spiro atoms. The normalized spacial score (nSPS) is 12.0. The Hall–Kier alpha value is -2.51. The number of hydrogen-bond acceptors (Lipinski definition) is 6. The molecule has 1 aromatic carbocycles. The highest BCUT2D eigenvalue weighted by molar-refractivity contribution is 5.38. The second-order valence-electron chi connectivity index (χ2n) is 6.72. The zero-order chi connectivity index (χ0) is 20.0. The number of nitrogens with one attached hydrogen (secondary N) is 2. The molecule has 0 aliphatic carbocycles. The summed E-state index contributed by atoms with van der Waals surface area (Å²) in [6.45, 7) is 8.60. The Balaban J connectivity index is 1.72. The minimum absolute atomic E-state index is 0.0234. The standard InChI is InChI=1S/C20H28N2O5/c1-12-7-13(2)9-17(8-12)26-6-5-21-10-16(23)11-27-20-15(4)22-14(3)18(24)19(20)25/h7-9,16,21,23-24H,5-6,10-11H2,1-4H3,(H,22,25). The van der Waals surface area contributed by atoms with Crippen molar-refractivity contribution in [1.29, 1.82) is 0 Å². The van der Waals surface area contributed by atoms with E-state index in [2.05, 4.69) is 16.4 Å². The van der Waals surface area contributed by atoms with Gasteiger partial charge in [-0.3, -0.25) is 4.79 Å². The van der Waals surface area contributed by atoms with Crippen LogP contribution in [0.2, 0.25) is 0 Å². The number of rotatable bonds is 9. The molecule has 0 radical (unpaired) electrons. The minimum Gasteiger partial charge on any atom is -0.503 e. The molecule has 27 heavy (non-hydrogen) atoms. The molecule has 4 N–H and O–H groups in total. The highest BCUT2D eigenvalue weighted by Crippen LogP contribution is 2.17. The van der Waals surface area contributed by atoms with E-state index >= 15 is 0 Å². The lowest BCUT2D eigenvalue weighted by Gasteiger charge is -2.15. The van der Waals surface area contributed by atoms with Crippen molar-refractivity contribution in [2.24, 2.45) is 0 Å². The summed E-state index contributed by atoms with van der Waals surface area (Å²) in [5.74, 6) is 0.481. The Morgan fingerprint density at radius 2 is 1.74 bits per heavy atom. The van der Waals surface area contributed by atoms with Gasteiger partial charge >= 0.3 is 0 Å². The molecule has 0 amide bonds. The molecule has 148 valence electrons. The molecule has 0 aliphatic heterocycles. The summed E-state index contributed by atoms with van der Waals surface area (Å²) in [6, 6.07) is 6.04. The first-order chi connectivity index (χ1) is 12.8. The first-order valence-electron chi connectivity index (χ1n) is 8.93. The topological polar surface area (TPSA) is 104 Å². The van der Waals surface area contributed by atoms with Gasteiger partial charge in [0.1, 0.15) is 25.1 Å². The van der Waals surface area contributed by atoms with Crippen LogP contribution in [-0.2, 0) is 0 Å². The van der Waals surface area contributed by atoms with Gasteiger partial charge in [0.15, 0.2) is 11.5 Å². The predicted molar refractivity (Wildman–Crippen MR) is 104 cm³/mol. The van der Waals surface area contributed by atoms with Crippen LogP contribution in [0.15, 0.2) is 23.0 Å². The quantitative estimate of drug-likeness (QED) is 0.497. The van der Waals surface area contributed by atoms with Gasteiger partial charge in [-0.15, -0.1) is 0 Å². The van der Waals surface area contributed by atoms with Gasteiger partial charge < -0.3 is 30.0 Å². The molecular weight excluding hydrogens is 348 g/mol.